The number of morpholine rings is 2. The molecule has 2 fully saturated rings. The molecular weight excluding hydrogens is 512 g/mol. The molecule has 2 atom stereocenters. The molecule has 214 valence electrons. The Balaban J connectivity index is 1.09. The highest BCUT2D eigenvalue weighted by molar-refractivity contribution is 5.96. The molecule has 41 heavy (non-hydrogen) atoms. The molecule has 7 heteroatoms. The van der Waals surface area contributed by atoms with Crippen LogP contribution in [-0.2, 0) is 16.0 Å². The van der Waals surface area contributed by atoms with Gasteiger partial charge in [-0.15, -0.1) is 0 Å². The normalized spacial score (nSPS) is 18.0. The van der Waals surface area contributed by atoms with Crippen LogP contribution in [0.4, 0.5) is 5.69 Å². The van der Waals surface area contributed by atoms with E-state index >= 15 is 0 Å². The molecule has 2 aliphatic rings. The minimum absolute atomic E-state index is 0.194. The van der Waals surface area contributed by atoms with Crippen molar-refractivity contribution in [2.75, 3.05) is 57.5 Å². The number of fused-ring (bicyclic) bond motifs is 1. The molecule has 0 spiro atoms. The molecule has 0 aliphatic carbocycles. The number of carbonyl (C=O) groups is 1. The maximum atomic E-state index is 13.1. The Morgan fingerprint density at radius 3 is 2.27 bits per heavy atom. The summed E-state index contributed by atoms with van der Waals surface area (Å²) in [6.07, 6.45) is 0.515. The Kier molecular flexibility index (Phi) is 8.46. The Bertz CT molecular complexity index is 1450. The summed E-state index contributed by atoms with van der Waals surface area (Å²) in [4.78, 5) is 26.2. The predicted molar refractivity (Wildman–Crippen MR) is 164 cm³/mol. The first-order valence-electron chi connectivity index (χ1n) is 14.9. The van der Waals surface area contributed by atoms with Crippen LogP contribution in [0, 0.1) is 5.92 Å². The van der Waals surface area contributed by atoms with Crippen molar-refractivity contribution in [3.63, 3.8) is 0 Å². The Hall–Kier alpha value is -3.52. The third-order valence-electron chi connectivity index (χ3n) is 8.70. The molecule has 0 saturated carbocycles. The van der Waals surface area contributed by atoms with Gasteiger partial charge in [0.25, 0.3) is 0 Å². The van der Waals surface area contributed by atoms with Crippen molar-refractivity contribution in [3.05, 3.63) is 83.4 Å². The first kappa shape index (κ1) is 27.6. The van der Waals surface area contributed by atoms with Crippen LogP contribution in [0.1, 0.15) is 47.7 Å². The third-order valence-corrected chi connectivity index (χ3v) is 8.70. The van der Waals surface area contributed by atoms with E-state index in [1.807, 2.05) is 12.1 Å². The first-order chi connectivity index (χ1) is 20.0. The molecule has 2 aliphatic heterocycles. The topological polar surface area (TPSA) is 70.7 Å². The Morgan fingerprint density at radius 2 is 1.56 bits per heavy atom. The number of hydrogen-bond donors (Lipinski definition) is 1. The number of aromatic amines is 1. The molecule has 0 radical (unpaired) electrons. The number of Topliss-reactive ketones (excluding diaryl/α,β-unsaturated/α-hetero) is 1. The summed E-state index contributed by atoms with van der Waals surface area (Å²) in [5.41, 5.74) is 7.53. The van der Waals surface area contributed by atoms with E-state index in [1.54, 1.807) is 0 Å². The standard InChI is InChI=1S/C34H40N4O3/c1-24(21-33(39)27-7-10-30(11-8-27)38-15-19-41-20-16-38)25(2)29-9-12-31-32(22-29)36-34(35-31)28-5-3-26(4-6-28)23-37-13-17-40-18-14-37/h3-12,22,24-25H,13-21,23H2,1-2H3,(H,35,36). The Labute approximate surface area is 242 Å². The fraction of sp³-hybridized carbons (Fsp3) is 0.412. The number of hydrogen-bond acceptors (Lipinski definition) is 6. The van der Waals surface area contributed by atoms with E-state index < -0.39 is 0 Å². The van der Waals surface area contributed by atoms with Crippen LogP contribution in [0.25, 0.3) is 22.4 Å². The highest BCUT2D eigenvalue weighted by Crippen LogP contribution is 2.31. The summed E-state index contributed by atoms with van der Waals surface area (Å²) in [6.45, 7) is 12.2. The minimum atomic E-state index is 0.194. The quantitative estimate of drug-likeness (QED) is 0.260. The van der Waals surface area contributed by atoms with Gasteiger partial charge in [-0.3, -0.25) is 9.69 Å². The lowest BCUT2D eigenvalue weighted by Crippen LogP contribution is -2.36. The molecule has 1 aromatic heterocycles. The van der Waals surface area contributed by atoms with Crippen LogP contribution in [0.2, 0.25) is 0 Å². The first-order valence-corrected chi connectivity index (χ1v) is 14.9. The number of H-pyrrole nitrogens is 1. The summed E-state index contributed by atoms with van der Waals surface area (Å²) in [6, 6.07) is 23.2. The second-order valence-corrected chi connectivity index (χ2v) is 11.5. The monoisotopic (exact) mass is 552 g/mol. The molecule has 6 rings (SSSR count). The fourth-order valence-corrected chi connectivity index (χ4v) is 5.83. The number of nitrogens with one attached hydrogen (secondary N) is 1. The zero-order valence-electron chi connectivity index (χ0n) is 24.1. The van der Waals surface area contributed by atoms with Gasteiger partial charge >= 0.3 is 0 Å². The molecule has 2 saturated heterocycles. The summed E-state index contributed by atoms with van der Waals surface area (Å²) in [7, 11) is 0. The van der Waals surface area contributed by atoms with Crippen molar-refractivity contribution in [2.24, 2.45) is 5.92 Å². The van der Waals surface area contributed by atoms with E-state index in [1.165, 1.54) is 11.1 Å². The minimum Gasteiger partial charge on any atom is -0.379 e. The number of anilines is 1. The van der Waals surface area contributed by atoms with E-state index in [-0.39, 0.29) is 17.6 Å². The number of rotatable bonds is 9. The number of imidazole rings is 1. The van der Waals surface area contributed by atoms with Crippen molar-refractivity contribution >= 4 is 22.5 Å². The van der Waals surface area contributed by atoms with E-state index in [9.17, 15) is 4.79 Å². The SMILES string of the molecule is CC(CC(=O)c1ccc(N2CCOCC2)cc1)C(C)c1ccc2nc(-c3ccc(CN4CCOCC4)cc3)[nH]c2c1. The Morgan fingerprint density at radius 1 is 0.878 bits per heavy atom. The van der Waals surface area contributed by atoms with Crippen LogP contribution >= 0.6 is 0 Å². The van der Waals surface area contributed by atoms with Crippen molar-refractivity contribution in [1.82, 2.24) is 14.9 Å². The molecule has 0 bridgehead atoms. The lowest BCUT2D eigenvalue weighted by molar-refractivity contribution is 0.0342. The highest BCUT2D eigenvalue weighted by atomic mass is 16.5. The van der Waals surface area contributed by atoms with Gasteiger partial charge in [0.05, 0.1) is 37.5 Å². The van der Waals surface area contributed by atoms with Crippen LogP contribution in [0.15, 0.2) is 66.7 Å². The summed E-state index contributed by atoms with van der Waals surface area (Å²) >= 11 is 0. The number of carbonyl (C=O) groups excluding carboxylic acids is 1. The van der Waals surface area contributed by atoms with Crippen LogP contribution in [-0.4, -0.2) is 73.3 Å². The number of aromatic nitrogens is 2. The van der Waals surface area contributed by atoms with Gasteiger partial charge < -0.3 is 19.4 Å². The zero-order valence-corrected chi connectivity index (χ0v) is 24.1. The van der Waals surface area contributed by atoms with Crippen molar-refractivity contribution in [1.29, 1.82) is 0 Å². The number of ketones is 1. The average molecular weight is 553 g/mol. The largest absolute Gasteiger partial charge is 0.379 e. The molecule has 7 nitrogen and oxygen atoms in total. The second-order valence-electron chi connectivity index (χ2n) is 11.5. The number of ether oxygens (including phenoxy) is 2. The zero-order chi connectivity index (χ0) is 28.2. The lowest BCUT2D eigenvalue weighted by Gasteiger charge is -2.28. The van der Waals surface area contributed by atoms with Crippen molar-refractivity contribution in [3.8, 4) is 11.4 Å². The van der Waals surface area contributed by atoms with Gasteiger partial charge in [0.1, 0.15) is 5.82 Å². The summed E-state index contributed by atoms with van der Waals surface area (Å²) < 4.78 is 10.9. The van der Waals surface area contributed by atoms with E-state index in [4.69, 9.17) is 14.5 Å². The van der Waals surface area contributed by atoms with Gasteiger partial charge in [-0.1, -0.05) is 44.2 Å². The van der Waals surface area contributed by atoms with E-state index in [0.29, 0.717) is 6.42 Å². The predicted octanol–water partition coefficient (Wildman–Crippen LogP) is 5.91. The third kappa shape index (κ3) is 6.53. The van der Waals surface area contributed by atoms with Crippen LogP contribution in [0.3, 0.4) is 0 Å². The van der Waals surface area contributed by atoms with Gasteiger partial charge in [0.15, 0.2) is 5.78 Å². The second kappa shape index (κ2) is 12.6. The maximum Gasteiger partial charge on any atom is 0.163 e. The molecule has 3 aromatic carbocycles. The van der Waals surface area contributed by atoms with Gasteiger partial charge in [-0.2, -0.15) is 0 Å². The van der Waals surface area contributed by atoms with Crippen molar-refractivity contribution < 1.29 is 14.3 Å². The fourth-order valence-electron chi connectivity index (χ4n) is 5.83. The van der Waals surface area contributed by atoms with Gasteiger partial charge in [-0.25, -0.2) is 4.98 Å². The molecular formula is C34H40N4O3. The van der Waals surface area contributed by atoms with Crippen LogP contribution in [0.5, 0.6) is 0 Å². The van der Waals surface area contributed by atoms with Gasteiger partial charge in [0.2, 0.25) is 0 Å². The summed E-state index contributed by atoms with van der Waals surface area (Å²) in [5.74, 6) is 1.52. The number of benzene rings is 3. The smallest absolute Gasteiger partial charge is 0.163 e. The molecule has 1 N–H and O–H groups in total. The van der Waals surface area contributed by atoms with Gasteiger partial charge in [0, 0.05) is 56.0 Å². The van der Waals surface area contributed by atoms with Crippen molar-refractivity contribution in [2.45, 2.75) is 32.7 Å². The lowest BCUT2D eigenvalue weighted by atomic mass is 9.84. The van der Waals surface area contributed by atoms with Gasteiger partial charge in [-0.05, 0) is 59.4 Å². The van der Waals surface area contributed by atoms with E-state index in [0.717, 1.165) is 92.8 Å². The summed E-state index contributed by atoms with van der Waals surface area (Å²) in [5, 5.41) is 0. The molecule has 4 aromatic rings. The van der Waals surface area contributed by atoms with E-state index in [2.05, 4.69) is 83.2 Å². The van der Waals surface area contributed by atoms with Crippen LogP contribution < -0.4 is 4.90 Å². The molecule has 2 unspecified atom stereocenters. The maximum absolute atomic E-state index is 13.1. The average Bonchev–Trinajstić information content (AvgIpc) is 3.45. The molecule has 0 amide bonds. The molecule has 3 heterocycles. The number of nitrogens with zero attached hydrogens (tertiary/aromatic N) is 3. The highest BCUT2D eigenvalue weighted by Gasteiger charge is 2.20.